The third-order valence-electron chi connectivity index (χ3n) is 4.40. The van der Waals surface area contributed by atoms with Crippen LogP contribution in [0.4, 0.5) is 0 Å². The van der Waals surface area contributed by atoms with E-state index >= 15 is 0 Å². The number of rotatable bonds is 9. The molecule has 1 atom stereocenters. The first-order chi connectivity index (χ1) is 8.79. The Morgan fingerprint density at radius 2 is 2.06 bits per heavy atom. The summed E-state index contributed by atoms with van der Waals surface area (Å²) in [5.41, 5.74) is 0. The van der Waals surface area contributed by atoms with Crippen LogP contribution in [-0.2, 0) is 0 Å². The van der Waals surface area contributed by atoms with Gasteiger partial charge in [-0.25, -0.2) is 0 Å². The Balaban J connectivity index is 1.49. The summed E-state index contributed by atoms with van der Waals surface area (Å²) in [7, 11) is 2.29. The number of unbranched alkanes of at least 4 members (excludes halogenated alkanes) is 1. The molecule has 0 bridgehead atoms. The maximum Gasteiger partial charge on any atom is 0.0223 e. The summed E-state index contributed by atoms with van der Waals surface area (Å²) in [6.07, 6.45) is 8.31. The number of hydrogen-bond donors (Lipinski definition) is 1. The van der Waals surface area contributed by atoms with Crippen molar-refractivity contribution in [1.29, 1.82) is 0 Å². The fourth-order valence-corrected chi connectivity index (χ4v) is 3.07. The first kappa shape index (κ1) is 14.3. The van der Waals surface area contributed by atoms with Crippen LogP contribution in [0.5, 0.6) is 0 Å². The standard InChI is InChI=1S/C15H31N3/c1-3-18-12-6-7-15(18)13-17(2)11-5-4-10-16-14-8-9-14/h14-16H,3-13H2,1-2H3. The maximum absolute atomic E-state index is 3.59. The van der Waals surface area contributed by atoms with E-state index in [0.29, 0.717) is 0 Å². The highest BCUT2D eigenvalue weighted by molar-refractivity contribution is 4.81. The fraction of sp³-hybridized carbons (Fsp3) is 1.00. The Hall–Kier alpha value is -0.120. The summed E-state index contributed by atoms with van der Waals surface area (Å²) < 4.78 is 0. The SMILES string of the molecule is CCN1CCCC1CN(C)CCCCNC1CC1. The van der Waals surface area contributed by atoms with Gasteiger partial charge in [0.15, 0.2) is 0 Å². The molecule has 3 nitrogen and oxygen atoms in total. The van der Waals surface area contributed by atoms with E-state index in [1.165, 1.54) is 71.2 Å². The molecule has 0 aromatic rings. The largest absolute Gasteiger partial charge is 0.314 e. The zero-order valence-electron chi connectivity index (χ0n) is 12.3. The van der Waals surface area contributed by atoms with Crippen molar-refractivity contribution in [2.45, 2.75) is 57.5 Å². The summed E-state index contributed by atoms with van der Waals surface area (Å²) in [6.45, 7) is 8.60. The van der Waals surface area contributed by atoms with E-state index in [4.69, 9.17) is 0 Å². The summed E-state index contributed by atoms with van der Waals surface area (Å²) in [5, 5.41) is 3.59. The molecule has 1 saturated heterocycles. The van der Waals surface area contributed by atoms with Gasteiger partial charge >= 0.3 is 0 Å². The summed E-state index contributed by atoms with van der Waals surface area (Å²) in [4.78, 5) is 5.18. The minimum atomic E-state index is 0.824. The van der Waals surface area contributed by atoms with Crippen molar-refractivity contribution in [3.63, 3.8) is 0 Å². The van der Waals surface area contributed by atoms with Crippen molar-refractivity contribution < 1.29 is 0 Å². The molecule has 0 radical (unpaired) electrons. The lowest BCUT2D eigenvalue weighted by Gasteiger charge is -2.27. The van der Waals surface area contributed by atoms with Crippen LogP contribution in [0.25, 0.3) is 0 Å². The fourth-order valence-electron chi connectivity index (χ4n) is 3.07. The predicted octanol–water partition coefficient (Wildman–Crippen LogP) is 1.93. The maximum atomic E-state index is 3.59. The molecule has 1 N–H and O–H groups in total. The van der Waals surface area contributed by atoms with Gasteiger partial charge in [-0.1, -0.05) is 6.92 Å². The second kappa shape index (κ2) is 7.46. The molecular formula is C15H31N3. The Bertz CT molecular complexity index is 228. The van der Waals surface area contributed by atoms with Crippen molar-refractivity contribution in [3.8, 4) is 0 Å². The van der Waals surface area contributed by atoms with Crippen LogP contribution in [0.2, 0.25) is 0 Å². The molecule has 1 heterocycles. The van der Waals surface area contributed by atoms with Crippen molar-refractivity contribution in [1.82, 2.24) is 15.1 Å². The first-order valence-electron chi connectivity index (χ1n) is 7.95. The topological polar surface area (TPSA) is 18.5 Å². The average Bonchev–Trinajstić information content (AvgIpc) is 3.08. The second-order valence-corrected chi connectivity index (χ2v) is 6.12. The molecule has 106 valence electrons. The lowest BCUT2D eigenvalue weighted by atomic mass is 10.2. The van der Waals surface area contributed by atoms with Crippen LogP contribution in [0.3, 0.4) is 0 Å². The van der Waals surface area contributed by atoms with E-state index in [-0.39, 0.29) is 0 Å². The molecule has 0 amide bonds. The highest BCUT2D eigenvalue weighted by atomic mass is 15.2. The van der Waals surface area contributed by atoms with E-state index in [1.54, 1.807) is 0 Å². The van der Waals surface area contributed by atoms with Gasteiger partial charge in [0, 0.05) is 18.6 Å². The van der Waals surface area contributed by atoms with Crippen LogP contribution in [0.15, 0.2) is 0 Å². The van der Waals surface area contributed by atoms with E-state index in [1.807, 2.05) is 0 Å². The van der Waals surface area contributed by atoms with Crippen molar-refractivity contribution in [3.05, 3.63) is 0 Å². The molecule has 0 spiro atoms. The van der Waals surface area contributed by atoms with Crippen LogP contribution in [0, 0.1) is 0 Å². The van der Waals surface area contributed by atoms with Gasteiger partial charge in [0.2, 0.25) is 0 Å². The van der Waals surface area contributed by atoms with E-state index in [0.717, 1.165) is 12.1 Å². The van der Waals surface area contributed by atoms with Crippen LogP contribution in [-0.4, -0.2) is 61.7 Å². The molecule has 1 aliphatic carbocycles. The van der Waals surface area contributed by atoms with Gasteiger partial charge in [0.25, 0.3) is 0 Å². The minimum absolute atomic E-state index is 0.824. The first-order valence-corrected chi connectivity index (χ1v) is 7.95. The molecule has 18 heavy (non-hydrogen) atoms. The molecule has 2 aliphatic rings. The average molecular weight is 253 g/mol. The molecule has 1 unspecified atom stereocenters. The van der Waals surface area contributed by atoms with Crippen molar-refractivity contribution in [2.24, 2.45) is 0 Å². The Kier molecular flexibility index (Phi) is 5.93. The quantitative estimate of drug-likeness (QED) is 0.634. The van der Waals surface area contributed by atoms with Gasteiger partial charge in [-0.3, -0.25) is 4.90 Å². The Morgan fingerprint density at radius 1 is 1.22 bits per heavy atom. The molecule has 3 heteroatoms. The summed E-state index contributed by atoms with van der Waals surface area (Å²) in [5.74, 6) is 0. The Labute approximate surface area is 113 Å². The molecule has 1 aliphatic heterocycles. The minimum Gasteiger partial charge on any atom is -0.314 e. The third kappa shape index (κ3) is 4.87. The second-order valence-electron chi connectivity index (χ2n) is 6.12. The van der Waals surface area contributed by atoms with Gasteiger partial charge in [-0.2, -0.15) is 0 Å². The van der Waals surface area contributed by atoms with Gasteiger partial charge in [0.05, 0.1) is 0 Å². The summed E-state index contributed by atoms with van der Waals surface area (Å²) in [6, 6.07) is 1.70. The van der Waals surface area contributed by atoms with Gasteiger partial charge < -0.3 is 10.2 Å². The lowest BCUT2D eigenvalue weighted by Crippen LogP contribution is -2.39. The van der Waals surface area contributed by atoms with E-state index in [9.17, 15) is 0 Å². The number of hydrogen-bond acceptors (Lipinski definition) is 3. The number of likely N-dealkylation sites (tertiary alicyclic amines) is 1. The summed E-state index contributed by atoms with van der Waals surface area (Å²) >= 11 is 0. The van der Waals surface area contributed by atoms with Crippen molar-refractivity contribution in [2.75, 3.05) is 39.8 Å². The van der Waals surface area contributed by atoms with Crippen molar-refractivity contribution >= 4 is 0 Å². The highest BCUT2D eigenvalue weighted by Gasteiger charge is 2.23. The van der Waals surface area contributed by atoms with E-state index < -0.39 is 0 Å². The van der Waals surface area contributed by atoms with E-state index in [2.05, 4.69) is 29.1 Å². The molecule has 2 rings (SSSR count). The van der Waals surface area contributed by atoms with Gasteiger partial charge in [-0.15, -0.1) is 0 Å². The lowest BCUT2D eigenvalue weighted by molar-refractivity contribution is 0.197. The molecule has 1 saturated carbocycles. The van der Waals surface area contributed by atoms with Crippen LogP contribution >= 0.6 is 0 Å². The predicted molar refractivity (Wildman–Crippen MR) is 78.0 cm³/mol. The van der Waals surface area contributed by atoms with Gasteiger partial charge in [-0.05, 0) is 71.8 Å². The number of nitrogens with zero attached hydrogens (tertiary/aromatic N) is 2. The van der Waals surface area contributed by atoms with Gasteiger partial charge in [0.1, 0.15) is 0 Å². The monoisotopic (exact) mass is 253 g/mol. The molecular weight excluding hydrogens is 222 g/mol. The number of nitrogens with one attached hydrogen (secondary N) is 1. The molecule has 0 aromatic carbocycles. The zero-order chi connectivity index (χ0) is 12.8. The molecule has 0 aromatic heterocycles. The number of likely N-dealkylation sites (N-methyl/N-ethyl adjacent to an activating group) is 2. The normalized spacial score (nSPS) is 25.2. The Morgan fingerprint density at radius 3 is 2.78 bits per heavy atom. The highest BCUT2D eigenvalue weighted by Crippen LogP contribution is 2.18. The van der Waals surface area contributed by atoms with Crippen LogP contribution < -0.4 is 5.32 Å². The third-order valence-corrected chi connectivity index (χ3v) is 4.40. The molecule has 2 fully saturated rings. The smallest absolute Gasteiger partial charge is 0.0223 e. The zero-order valence-corrected chi connectivity index (χ0v) is 12.3. The van der Waals surface area contributed by atoms with Crippen LogP contribution in [0.1, 0.15) is 45.4 Å².